The number of hydrogen-bond donors (Lipinski definition) is 0. The Morgan fingerprint density at radius 3 is 2.48 bits per heavy atom. The second-order valence-corrected chi connectivity index (χ2v) is 6.69. The zero-order chi connectivity index (χ0) is 18.2. The molecule has 1 aliphatic rings. The van der Waals surface area contributed by atoms with Crippen LogP contribution in [-0.2, 0) is 16.1 Å². The Kier molecular flexibility index (Phi) is 7.25. The molecule has 1 fully saturated rings. The summed E-state index contributed by atoms with van der Waals surface area (Å²) in [5.41, 5.74) is 1.55. The minimum atomic E-state index is -0.289. The summed E-state index contributed by atoms with van der Waals surface area (Å²) in [7, 11) is 1.62. The Labute approximate surface area is 149 Å². The van der Waals surface area contributed by atoms with Gasteiger partial charge in [0.15, 0.2) is 0 Å². The molecule has 2 rings (SSSR count). The van der Waals surface area contributed by atoms with E-state index in [1.54, 1.807) is 12.0 Å². The van der Waals surface area contributed by atoms with Gasteiger partial charge in [0.1, 0.15) is 0 Å². The van der Waals surface area contributed by atoms with Gasteiger partial charge >= 0.3 is 6.09 Å². The monoisotopic (exact) mass is 348 g/mol. The highest BCUT2D eigenvalue weighted by Crippen LogP contribution is 2.15. The van der Waals surface area contributed by atoms with Crippen LogP contribution in [0, 0.1) is 5.92 Å². The number of nitrogens with zero attached hydrogens (tertiary/aromatic N) is 2. The van der Waals surface area contributed by atoms with Crippen LogP contribution in [0.15, 0.2) is 24.3 Å². The molecule has 0 bridgehead atoms. The number of methoxy groups -OCH3 is 1. The lowest BCUT2D eigenvalue weighted by Gasteiger charge is -2.23. The number of ether oxygens (including phenoxy) is 2. The van der Waals surface area contributed by atoms with Crippen molar-refractivity contribution in [2.75, 3.05) is 39.9 Å². The predicted molar refractivity (Wildman–Crippen MR) is 95.4 cm³/mol. The molecule has 1 aromatic rings. The zero-order valence-corrected chi connectivity index (χ0v) is 15.4. The van der Waals surface area contributed by atoms with E-state index in [0.29, 0.717) is 50.9 Å². The van der Waals surface area contributed by atoms with Crippen molar-refractivity contribution in [3.63, 3.8) is 0 Å². The SMILES string of the molecule is COCc1ccccc1C(=O)N1CCCN(C(=O)OCC(C)C)CC1. The van der Waals surface area contributed by atoms with Crippen molar-refractivity contribution in [1.82, 2.24) is 9.80 Å². The fourth-order valence-electron chi connectivity index (χ4n) is 2.81. The summed E-state index contributed by atoms with van der Waals surface area (Å²) < 4.78 is 10.5. The molecular formula is C19H28N2O4. The molecule has 0 saturated carbocycles. The second-order valence-electron chi connectivity index (χ2n) is 6.69. The molecule has 1 heterocycles. The van der Waals surface area contributed by atoms with Crippen molar-refractivity contribution in [3.05, 3.63) is 35.4 Å². The maximum Gasteiger partial charge on any atom is 0.409 e. The molecule has 0 spiro atoms. The van der Waals surface area contributed by atoms with Crippen molar-refractivity contribution in [2.45, 2.75) is 26.9 Å². The van der Waals surface area contributed by atoms with Crippen molar-refractivity contribution in [2.24, 2.45) is 5.92 Å². The Morgan fingerprint density at radius 1 is 1.08 bits per heavy atom. The van der Waals surface area contributed by atoms with Crippen LogP contribution in [0.5, 0.6) is 0 Å². The molecule has 0 aromatic heterocycles. The molecule has 0 aliphatic carbocycles. The van der Waals surface area contributed by atoms with Gasteiger partial charge in [-0.05, 0) is 24.0 Å². The summed E-state index contributed by atoms with van der Waals surface area (Å²) in [6, 6.07) is 7.50. The summed E-state index contributed by atoms with van der Waals surface area (Å²) >= 11 is 0. The molecule has 2 amide bonds. The van der Waals surface area contributed by atoms with Crippen molar-refractivity contribution in [3.8, 4) is 0 Å². The lowest BCUT2D eigenvalue weighted by molar-refractivity contribution is 0.0742. The van der Waals surface area contributed by atoms with Crippen LogP contribution in [0.2, 0.25) is 0 Å². The first kappa shape index (κ1) is 19.2. The fourth-order valence-corrected chi connectivity index (χ4v) is 2.81. The molecule has 138 valence electrons. The van der Waals surface area contributed by atoms with E-state index in [1.165, 1.54) is 0 Å². The highest BCUT2D eigenvalue weighted by Gasteiger charge is 2.24. The van der Waals surface area contributed by atoms with Gasteiger partial charge in [0, 0.05) is 38.9 Å². The average molecular weight is 348 g/mol. The third-order valence-corrected chi connectivity index (χ3v) is 4.13. The molecule has 0 radical (unpaired) electrons. The Balaban J connectivity index is 1.98. The lowest BCUT2D eigenvalue weighted by atomic mass is 10.1. The molecule has 6 heteroatoms. The summed E-state index contributed by atoms with van der Waals surface area (Å²) in [4.78, 5) is 28.5. The first-order chi connectivity index (χ1) is 12.0. The summed E-state index contributed by atoms with van der Waals surface area (Å²) in [5, 5.41) is 0. The van der Waals surface area contributed by atoms with Gasteiger partial charge in [-0.1, -0.05) is 32.0 Å². The van der Waals surface area contributed by atoms with Crippen molar-refractivity contribution < 1.29 is 19.1 Å². The first-order valence-electron chi connectivity index (χ1n) is 8.80. The molecule has 6 nitrogen and oxygen atoms in total. The maximum absolute atomic E-state index is 12.9. The number of carbonyl (C=O) groups excluding carboxylic acids is 2. The lowest BCUT2D eigenvalue weighted by Crippen LogP contribution is -2.38. The van der Waals surface area contributed by atoms with Crippen LogP contribution >= 0.6 is 0 Å². The van der Waals surface area contributed by atoms with Gasteiger partial charge in [-0.25, -0.2) is 4.79 Å². The van der Waals surface area contributed by atoms with Gasteiger partial charge in [-0.3, -0.25) is 4.79 Å². The molecule has 0 atom stereocenters. The Bertz CT molecular complexity index is 589. The van der Waals surface area contributed by atoms with Crippen LogP contribution in [0.3, 0.4) is 0 Å². The normalized spacial score (nSPS) is 15.2. The van der Waals surface area contributed by atoms with Crippen molar-refractivity contribution >= 4 is 12.0 Å². The topological polar surface area (TPSA) is 59.1 Å². The maximum atomic E-state index is 12.9. The molecule has 1 aromatic carbocycles. The van der Waals surface area contributed by atoms with E-state index >= 15 is 0 Å². The fraction of sp³-hybridized carbons (Fsp3) is 0.579. The van der Waals surface area contributed by atoms with E-state index in [4.69, 9.17) is 9.47 Å². The molecule has 0 unspecified atom stereocenters. The van der Waals surface area contributed by atoms with E-state index in [0.717, 1.165) is 12.0 Å². The molecule has 1 saturated heterocycles. The van der Waals surface area contributed by atoms with E-state index < -0.39 is 0 Å². The number of hydrogen-bond acceptors (Lipinski definition) is 4. The molecule has 1 aliphatic heterocycles. The smallest absolute Gasteiger partial charge is 0.409 e. The van der Waals surface area contributed by atoms with E-state index in [-0.39, 0.29) is 12.0 Å². The Hall–Kier alpha value is -2.08. The van der Waals surface area contributed by atoms with Gasteiger partial charge < -0.3 is 19.3 Å². The van der Waals surface area contributed by atoms with Gasteiger partial charge in [0.05, 0.1) is 13.2 Å². The highest BCUT2D eigenvalue weighted by molar-refractivity contribution is 5.95. The number of amides is 2. The van der Waals surface area contributed by atoms with Gasteiger partial charge in [-0.15, -0.1) is 0 Å². The van der Waals surface area contributed by atoms with Gasteiger partial charge in [-0.2, -0.15) is 0 Å². The number of rotatable bonds is 5. The molecule has 0 N–H and O–H groups in total. The summed E-state index contributed by atoms with van der Waals surface area (Å²) in [6.07, 6.45) is 0.456. The van der Waals surface area contributed by atoms with Crippen LogP contribution in [0.25, 0.3) is 0 Å². The number of benzene rings is 1. The standard InChI is InChI=1S/C19H28N2O4/c1-15(2)13-25-19(23)21-10-6-9-20(11-12-21)18(22)17-8-5-4-7-16(17)14-24-3/h4-5,7-8,15H,6,9-14H2,1-3H3. The van der Waals surface area contributed by atoms with Gasteiger partial charge in [0.25, 0.3) is 5.91 Å². The second kappa shape index (κ2) is 9.42. The summed E-state index contributed by atoms with van der Waals surface area (Å²) in [6.45, 7) is 7.09. The third-order valence-electron chi connectivity index (χ3n) is 4.13. The quantitative estimate of drug-likeness (QED) is 0.821. The largest absolute Gasteiger partial charge is 0.449 e. The minimum absolute atomic E-state index is 0.00922. The molecular weight excluding hydrogens is 320 g/mol. The van der Waals surface area contributed by atoms with Crippen LogP contribution in [0.4, 0.5) is 4.79 Å². The third kappa shape index (κ3) is 5.46. The highest BCUT2D eigenvalue weighted by atomic mass is 16.6. The van der Waals surface area contributed by atoms with Gasteiger partial charge in [0.2, 0.25) is 0 Å². The predicted octanol–water partition coefficient (Wildman–Crippen LogP) is 2.77. The average Bonchev–Trinajstić information content (AvgIpc) is 2.86. The first-order valence-corrected chi connectivity index (χ1v) is 8.80. The van der Waals surface area contributed by atoms with E-state index in [2.05, 4.69) is 0 Å². The van der Waals surface area contributed by atoms with E-state index in [1.807, 2.05) is 43.0 Å². The van der Waals surface area contributed by atoms with Crippen LogP contribution in [0.1, 0.15) is 36.2 Å². The van der Waals surface area contributed by atoms with Crippen LogP contribution in [-0.4, -0.2) is 61.7 Å². The zero-order valence-electron chi connectivity index (χ0n) is 15.4. The molecule has 25 heavy (non-hydrogen) atoms. The minimum Gasteiger partial charge on any atom is -0.449 e. The Morgan fingerprint density at radius 2 is 1.76 bits per heavy atom. The van der Waals surface area contributed by atoms with Crippen LogP contribution < -0.4 is 0 Å². The van der Waals surface area contributed by atoms with Crippen molar-refractivity contribution in [1.29, 1.82) is 0 Å². The summed E-state index contributed by atoms with van der Waals surface area (Å²) in [5.74, 6) is 0.302. The van der Waals surface area contributed by atoms with E-state index in [9.17, 15) is 9.59 Å². The number of carbonyl (C=O) groups is 2.